The predicted octanol–water partition coefficient (Wildman–Crippen LogP) is 2.68. The van der Waals surface area contributed by atoms with E-state index in [0.717, 1.165) is 19.3 Å². The number of esters is 1. The number of hydrogen-bond donors (Lipinski definition) is 2. The molecule has 0 atom stereocenters. The van der Waals surface area contributed by atoms with E-state index < -0.39 is 5.82 Å². The van der Waals surface area contributed by atoms with Gasteiger partial charge in [-0.3, -0.25) is 4.79 Å². The summed E-state index contributed by atoms with van der Waals surface area (Å²) in [5, 5.41) is 5.20. The number of rotatable bonds is 7. The molecule has 1 aromatic rings. The zero-order chi connectivity index (χ0) is 14.8. The molecular formula is C14H19FN2O3. The number of urea groups is 1. The standard InChI is InChI=1S/C14H19FN2O3/c1-20-13(18)8-3-2-4-9-16-14(19)17-12-7-5-6-11(15)10-12/h5-7,10H,2-4,8-9H2,1H3,(H2,16,17,19). The van der Waals surface area contributed by atoms with Crippen LogP contribution in [0, 0.1) is 5.82 Å². The fourth-order valence-electron chi connectivity index (χ4n) is 1.62. The van der Waals surface area contributed by atoms with Crippen molar-refractivity contribution in [2.24, 2.45) is 0 Å². The maximum absolute atomic E-state index is 12.9. The van der Waals surface area contributed by atoms with Crippen LogP contribution in [0.2, 0.25) is 0 Å². The Balaban J connectivity index is 2.10. The number of halogens is 1. The third-order valence-electron chi connectivity index (χ3n) is 2.65. The van der Waals surface area contributed by atoms with Gasteiger partial charge in [0.05, 0.1) is 7.11 Å². The molecule has 0 aliphatic rings. The molecule has 0 saturated carbocycles. The van der Waals surface area contributed by atoms with Crippen LogP contribution in [0.15, 0.2) is 24.3 Å². The summed E-state index contributed by atoms with van der Waals surface area (Å²) in [6.07, 6.45) is 2.73. The van der Waals surface area contributed by atoms with Crippen molar-refractivity contribution < 1.29 is 18.7 Å². The number of amides is 2. The fourth-order valence-corrected chi connectivity index (χ4v) is 1.62. The Morgan fingerprint density at radius 2 is 2.05 bits per heavy atom. The first-order valence-electron chi connectivity index (χ1n) is 6.49. The summed E-state index contributed by atoms with van der Waals surface area (Å²) < 4.78 is 17.4. The van der Waals surface area contributed by atoms with Crippen LogP contribution in [0.3, 0.4) is 0 Å². The van der Waals surface area contributed by atoms with Crippen molar-refractivity contribution in [1.29, 1.82) is 0 Å². The predicted molar refractivity (Wildman–Crippen MR) is 73.9 cm³/mol. The minimum Gasteiger partial charge on any atom is -0.469 e. The Kier molecular flexibility index (Phi) is 7.10. The minimum absolute atomic E-state index is 0.221. The topological polar surface area (TPSA) is 67.4 Å². The van der Waals surface area contributed by atoms with E-state index in [-0.39, 0.29) is 12.0 Å². The van der Waals surface area contributed by atoms with Crippen molar-refractivity contribution in [1.82, 2.24) is 5.32 Å². The molecule has 1 rings (SSSR count). The number of benzene rings is 1. The Morgan fingerprint density at radius 3 is 2.75 bits per heavy atom. The molecule has 6 heteroatoms. The Labute approximate surface area is 117 Å². The van der Waals surface area contributed by atoms with E-state index in [1.54, 1.807) is 6.07 Å². The summed E-state index contributed by atoms with van der Waals surface area (Å²) in [6.45, 7) is 0.502. The lowest BCUT2D eigenvalue weighted by Crippen LogP contribution is -2.29. The molecule has 110 valence electrons. The van der Waals surface area contributed by atoms with Crippen LogP contribution in [0.5, 0.6) is 0 Å². The smallest absolute Gasteiger partial charge is 0.319 e. The van der Waals surface area contributed by atoms with E-state index in [0.29, 0.717) is 18.7 Å². The first-order chi connectivity index (χ1) is 9.61. The van der Waals surface area contributed by atoms with Crippen molar-refractivity contribution in [2.75, 3.05) is 19.0 Å². The van der Waals surface area contributed by atoms with Crippen molar-refractivity contribution in [3.63, 3.8) is 0 Å². The van der Waals surface area contributed by atoms with Gasteiger partial charge in [-0.15, -0.1) is 0 Å². The van der Waals surface area contributed by atoms with Gasteiger partial charge in [-0.25, -0.2) is 9.18 Å². The molecule has 0 aliphatic carbocycles. The van der Waals surface area contributed by atoms with Crippen LogP contribution in [0.4, 0.5) is 14.9 Å². The molecule has 20 heavy (non-hydrogen) atoms. The number of ether oxygens (including phenoxy) is 1. The summed E-state index contributed by atoms with van der Waals surface area (Å²) in [4.78, 5) is 22.3. The third kappa shape index (κ3) is 6.72. The second kappa shape index (κ2) is 8.90. The summed E-state index contributed by atoms with van der Waals surface area (Å²) in [6, 6.07) is 5.32. The SMILES string of the molecule is COC(=O)CCCCCNC(=O)Nc1cccc(F)c1. The third-order valence-corrected chi connectivity index (χ3v) is 2.65. The first kappa shape index (κ1) is 15.9. The van der Waals surface area contributed by atoms with E-state index in [4.69, 9.17) is 0 Å². The average Bonchev–Trinajstić information content (AvgIpc) is 2.42. The molecule has 0 radical (unpaired) electrons. The van der Waals surface area contributed by atoms with Crippen LogP contribution >= 0.6 is 0 Å². The van der Waals surface area contributed by atoms with Crippen molar-refractivity contribution in [2.45, 2.75) is 25.7 Å². The van der Waals surface area contributed by atoms with Gasteiger partial charge in [0, 0.05) is 18.7 Å². The number of unbranched alkanes of at least 4 members (excludes halogenated alkanes) is 2. The van der Waals surface area contributed by atoms with Gasteiger partial charge in [-0.1, -0.05) is 12.5 Å². The summed E-state index contributed by atoms with van der Waals surface area (Å²) in [7, 11) is 1.36. The van der Waals surface area contributed by atoms with Gasteiger partial charge in [0.15, 0.2) is 0 Å². The number of methoxy groups -OCH3 is 1. The summed E-state index contributed by atoms with van der Waals surface area (Å²) in [5.41, 5.74) is 0.410. The van der Waals surface area contributed by atoms with E-state index >= 15 is 0 Å². The Hall–Kier alpha value is -2.11. The molecule has 0 bridgehead atoms. The number of anilines is 1. The highest BCUT2D eigenvalue weighted by Gasteiger charge is 2.02. The van der Waals surface area contributed by atoms with E-state index in [1.165, 1.54) is 25.3 Å². The Morgan fingerprint density at radius 1 is 1.25 bits per heavy atom. The van der Waals surface area contributed by atoms with Crippen LogP contribution in [0.25, 0.3) is 0 Å². The summed E-state index contributed by atoms with van der Waals surface area (Å²) >= 11 is 0. The molecule has 0 spiro atoms. The van der Waals surface area contributed by atoms with Crippen molar-refractivity contribution >= 4 is 17.7 Å². The van der Waals surface area contributed by atoms with Gasteiger partial charge in [0.25, 0.3) is 0 Å². The molecule has 0 fully saturated rings. The van der Waals surface area contributed by atoms with Crippen LogP contribution in [-0.4, -0.2) is 25.7 Å². The van der Waals surface area contributed by atoms with Crippen LogP contribution in [-0.2, 0) is 9.53 Å². The zero-order valence-corrected chi connectivity index (χ0v) is 11.4. The zero-order valence-electron chi connectivity index (χ0n) is 11.4. The van der Waals surface area contributed by atoms with Gasteiger partial charge in [-0.05, 0) is 31.0 Å². The maximum Gasteiger partial charge on any atom is 0.319 e. The first-order valence-corrected chi connectivity index (χ1v) is 6.49. The number of carbonyl (C=O) groups excluding carboxylic acids is 2. The number of hydrogen-bond acceptors (Lipinski definition) is 3. The molecule has 0 heterocycles. The van der Waals surface area contributed by atoms with Crippen molar-refractivity contribution in [3.8, 4) is 0 Å². The van der Waals surface area contributed by atoms with Gasteiger partial charge < -0.3 is 15.4 Å². The lowest BCUT2D eigenvalue weighted by molar-refractivity contribution is -0.140. The molecule has 0 unspecified atom stereocenters. The Bertz CT molecular complexity index is 452. The molecule has 0 aromatic heterocycles. The second-order valence-corrected chi connectivity index (χ2v) is 4.28. The highest BCUT2D eigenvalue weighted by molar-refractivity contribution is 5.89. The van der Waals surface area contributed by atoms with E-state index in [2.05, 4.69) is 15.4 Å². The average molecular weight is 282 g/mol. The number of nitrogens with one attached hydrogen (secondary N) is 2. The van der Waals surface area contributed by atoms with Gasteiger partial charge in [0.2, 0.25) is 0 Å². The fraction of sp³-hybridized carbons (Fsp3) is 0.429. The minimum atomic E-state index is -0.398. The van der Waals surface area contributed by atoms with Gasteiger partial charge in [-0.2, -0.15) is 0 Å². The molecule has 5 nitrogen and oxygen atoms in total. The lowest BCUT2D eigenvalue weighted by Gasteiger charge is -2.07. The highest BCUT2D eigenvalue weighted by Crippen LogP contribution is 2.08. The molecule has 2 N–H and O–H groups in total. The molecule has 1 aromatic carbocycles. The normalized spacial score (nSPS) is 9.90. The van der Waals surface area contributed by atoms with Crippen LogP contribution in [0.1, 0.15) is 25.7 Å². The van der Waals surface area contributed by atoms with Gasteiger partial charge in [0.1, 0.15) is 5.82 Å². The van der Waals surface area contributed by atoms with E-state index in [1.807, 2.05) is 0 Å². The highest BCUT2D eigenvalue weighted by atomic mass is 19.1. The van der Waals surface area contributed by atoms with E-state index in [9.17, 15) is 14.0 Å². The molecule has 0 aliphatic heterocycles. The summed E-state index contributed by atoms with van der Waals surface area (Å²) in [5.74, 6) is -0.618. The quantitative estimate of drug-likeness (QED) is 0.597. The lowest BCUT2D eigenvalue weighted by atomic mass is 10.2. The number of carbonyl (C=O) groups is 2. The van der Waals surface area contributed by atoms with Crippen molar-refractivity contribution in [3.05, 3.63) is 30.1 Å². The monoisotopic (exact) mass is 282 g/mol. The molecule has 2 amide bonds. The molecular weight excluding hydrogens is 263 g/mol. The van der Waals surface area contributed by atoms with Gasteiger partial charge >= 0.3 is 12.0 Å². The maximum atomic E-state index is 12.9. The largest absolute Gasteiger partial charge is 0.469 e. The van der Waals surface area contributed by atoms with Crippen LogP contribution < -0.4 is 10.6 Å². The molecule has 0 saturated heterocycles. The second-order valence-electron chi connectivity index (χ2n) is 4.28.